The zero-order valence-corrected chi connectivity index (χ0v) is 15.2. The first-order valence-electron chi connectivity index (χ1n) is 8.99. The van der Waals surface area contributed by atoms with E-state index in [4.69, 9.17) is 14.3 Å². The minimum absolute atomic E-state index is 0.0907. The lowest BCUT2D eigenvalue weighted by molar-refractivity contribution is 0.194. The zero-order valence-electron chi connectivity index (χ0n) is 15.2. The molecule has 2 amide bonds. The molecule has 0 saturated heterocycles. The Hall–Kier alpha value is -3.22. The highest BCUT2D eigenvalue weighted by atomic mass is 16.5. The number of ether oxygens (including phenoxy) is 1. The van der Waals surface area contributed by atoms with Gasteiger partial charge in [0, 0.05) is 18.7 Å². The quantitative estimate of drug-likeness (QED) is 0.769. The van der Waals surface area contributed by atoms with E-state index in [-0.39, 0.29) is 6.03 Å². The molecular weight excluding hydrogens is 344 g/mol. The van der Waals surface area contributed by atoms with Crippen LogP contribution in [0.4, 0.5) is 4.79 Å². The number of nitrogens with zero attached hydrogens (tertiary/aromatic N) is 3. The Morgan fingerprint density at radius 1 is 1.26 bits per heavy atom. The van der Waals surface area contributed by atoms with E-state index < -0.39 is 0 Å². The molecule has 0 radical (unpaired) electrons. The van der Waals surface area contributed by atoms with Crippen LogP contribution >= 0.6 is 0 Å². The molecule has 0 aliphatic carbocycles. The number of rotatable bonds is 4. The molecule has 0 spiro atoms. The highest BCUT2D eigenvalue weighted by Gasteiger charge is 2.21. The normalized spacial score (nSPS) is 13.7. The van der Waals surface area contributed by atoms with Crippen LogP contribution < -0.4 is 10.1 Å². The monoisotopic (exact) mass is 366 g/mol. The van der Waals surface area contributed by atoms with Crippen molar-refractivity contribution in [1.29, 1.82) is 0 Å². The fourth-order valence-electron chi connectivity index (χ4n) is 3.23. The molecular formula is C20H22N4O3. The minimum Gasteiger partial charge on any atom is -0.497 e. The number of carbonyl (C=O) groups excluding carboxylic acids is 1. The van der Waals surface area contributed by atoms with Gasteiger partial charge in [-0.1, -0.05) is 0 Å². The van der Waals surface area contributed by atoms with Crippen LogP contribution in [0.15, 0.2) is 53.1 Å². The second-order valence-corrected chi connectivity index (χ2v) is 6.49. The van der Waals surface area contributed by atoms with Gasteiger partial charge in [-0.25, -0.2) is 4.79 Å². The molecule has 0 unspecified atom stereocenters. The fraction of sp³-hybridized carbons (Fsp3) is 0.300. The first-order valence-corrected chi connectivity index (χ1v) is 8.99. The molecule has 2 aromatic heterocycles. The number of aryl methyl sites for hydroxylation is 1. The van der Waals surface area contributed by atoms with Crippen LogP contribution in [0.1, 0.15) is 17.9 Å². The summed E-state index contributed by atoms with van der Waals surface area (Å²) in [4.78, 5) is 14.4. The van der Waals surface area contributed by atoms with Gasteiger partial charge >= 0.3 is 6.03 Å². The summed E-state index contributed by atoms with van der Waals surface area (Å²) in [7, 11) is 1.65. The van der Waals surface area contributed by atoms with Crippen molar-refractivity contribution in [2.45, 2.75) is 26.1 Å². The number of methoxy groups -OCH3 is 1. The molecule has 7 heteroatoms. The molecule has 1 N–H and O–H groups in total. The molecule has 140 valence electrons. The van der Waals surface area contributed by atoms with Gasteiger partial charge in [0.05, 0.1) is 37.9 Å². The Bertz CT molecular complexity index is 900. The number of hydrogen-bond donors (Lipinski definition) is 1. The summed E-state index contributed by atoms with van der Waals surface area (Å²) in [6.07, 6.45) is 2.47. The molecule has 0 saturated carbocycles. The number of benzene rings is 1. The van der Waals surface area contributed by atoms with Gasteiger partial charge in [0.1, 0.15) is 11.5 Å². The van der Waals surface area contributed by atoms with Crippen LogP contribution in [-0.2, 0) is 19.6 Å². The number of carbonyl (C=O) groups is 1. The van der Waals surface area contributed by atoms with Crippen molar-refractivity contribution in [3.8, 4) is 17.0 Å². The predicted molar refractivity (Wildman–Crippen MR) is 100 cm³/mol. The third kappa shape index (κ3) is 3.81. The Labute approximate surface area is 157 Å². The summed E-state index contributed by atoms with van der Waals surface area (Å²) in [5, 5.41) is 7.63. The van der Waals surface area contributed by atoms with Gasteiger partial charge in [0.15, 0.2) is 0 Å². The van der Waals surface area contributed by atoms with Crippen molar-refractivity contribution < 1.29 is 13.9 Å². The number of amides is 2. The van der Waals surface area contributed by atoms with Crippen molar-refractivity contribution in [3.05, 3.63) is 60.2 Å². The average Bonchev–Trinajstić information content (AvgIpc) is 3.32. The van der Waals surface area contributed by atoms with Crippen LogP contribution in [0.5, 0.6) is 5.75 Å². The summed E-state index contributed by atoms with van der Waals surface area (Å²) in [6.45, 7) is 2.42. The SMILES string of the molecule is COc1ccc(-c2cc3n(n2)CCCN(C(=O)NCc2ccco2)C3)cc1. The maximum Gasteiger partial charge on any atom is 0.318 e. The lowest BCUT2D eigenvalue weighted by Gasteiger charge is -2.20. The standard InChI is InChI=1S/C20H22N4O3/c1-26-17-7-5-15(6-8-17)19-12-16-14-23(9-3-10-24(16)22-19)20(25)21-13-18-4-2-11-27-18/h2,4-8,11-12H,3,9-10,13-14H2,1H3,(H,21,25). The van der Waals surface area contributed by atoms with Crippen LogP contribution in [0, 0.1) is 0 Å². The Morgan fingerprint density at radius 2 is 2.11 bits per heavy atom. The maximum absolute atomic E-state index is 12.5. The molecule has 7 nitrogen and oxygen atoms in total. The van der Waals surface area contributed by atoms with Gasteiger partial charge in [-0.3, -0.25) is 4.68 Å². The van der Waals surface area contributed by atoms with Crippen molar-refractivity contribution in [2.24, 2.45) is 0 Å². The molecule has 0 atom stereocenters. The van der Waals surface area contributed by atoms with Gasteiger partial charge in [-0.15, -0.1) is 0 Å². The first-order chi connectivity index (χ1) is 13.2. The van der Waals surface area contributed by atoms with Gasteiger partial charge in [0.25, 0.3) is 0 Å². The van der Waals surface area contributed by atoms with Gasteiger partial charge in [-0.05, 0) is 48.9 Å². The molecule has 3 heterocycles. The van der Waals surface area contributed by atoms with Crippen molar-refractivity contribution in [1.82, 2.24) is 20.0 Å². The van der Waals surface area contributed by atoms with Crippen molar-refractivity contribution in [2.75, 3.05) is 13.7 Å². The maximum atomic E-state index is 12.5. The van der Waals surface area contributed by atoms with E-state index in [0.29, 0.717) is 19.6 Å². The minimum atomic E-state index is -0.0907. The van der Waals surface area contributed by atoms with Gasteiger partial charge in [0.2, 0.25) is 0 Å². The smallest absolute Gasteiger partial charge is 0.318 e. The second kappa shape index (κ2) is 7.57. The Balaban J connectivity index is 1.46. The summed E-state index contributed by atoms with van der Waals surface area (Å²) < 4.78 is 12.5. The Morgan fingerprint density at radius 3 is 2.85 bits per heavy atom. The molecule has 27 heavy (non-hydrogen) atoms. The third-order valence-electron chi connectivity index (χ3n) is 4.68. The third-order valence-corrected chi connectivity index (χ3v) is 4.68. The molecule has 1 aliphatic rings. The van der Waals surface area contributed by atoms with E-state index in [1.165, 1.54) is 0 Å². The topological polar surface area (TPSA) is 72.5 Å². The Kier molecular flexibility index (Phi) is 4.82. The van der Waals surface area contributed by atoms with Gasteiger partial charge in [-0.2, -0.15) is 5.10 Å². The van der Waals surface area contributed by atoms with E-state index >= 15 is 0 Å². The molecule has 1 aliphatic heterocycles. The number of aromatic nitrogens is 2. The lowest BCUT2D eigenvalue weighted by atomic mass is 10.1. The van der Waals surface area contributed by atoms with Crippen LogP contribution in [0.3, 0.4) is 0 Å². The van der Waals surface area contributed by atoms with E-state index in [1.54, 1.807) is 13.4 Å². The van der Waals surface area contributed by atoms with Crippen LogP contribution in [-0.4, -0.2) is 34.4 Å². The number of fused-ring (bicyclic) bond motifs is 1. The summed E-state index contributed by atoms with van der Waals surface area (Å²) in [5.74, 6) is 1.56. The summed E-state index contributed by atoms with van der Waals surface area (Å²) in [6, 6.07) is 13.5. The van der Waals surface area contributed by atoms with Gasteiger partial charge < -0.3 is 19.4 Å². The van der Waals surface area contributed by atoms with Crippen LogP contribution in [0.2, 0.25) is 0 Å². The van der Waals surface area contributed by atoms with E-state index in [2.05, 4.69) is 11.4 Å². The largest absolute Gasteiger partial charge is 0.497 e. The highest BCUT2D eigenvalue weighted by molar-refractivity contribution is 5.74. The van der Waals surface area contributed by atoms with E-state index in [0.717, 1.165) is 41.4 Å². The molecule has 0 bridgehead atoms. The predicted octanol–water partition coefficient (Wildman–Crippen LogP) is 3.27. The van der Waals surface area contributed by atoms with Crippen molar-refractivity contribution >= 4 is 6.03 Å². The first kappa shape index (κ1) is 17.2. The highest BCUT2D eigenvalue weighted by Crippen LogP contribution is 2.24. The lowest BCUT2D eigenvalue weighted by Crippen LogP contribution is -2.39. The molecule has 4 rings (SSSR count). The number of urea groups is 1. The van der Waals surface area contributed by atoms with Crippen molar-refractivity contribution in [3.63, 3.8) is 0 Å². The summed E-state index contributed by atoms with van der Waals surface area (Å²) >= 11 is 0. The average molecular weight is 366 g/mol. The van der Waals surface area contributed by atoms with Crippen LogP contribution in [0.25, 0.3) is 11.3 Å². The number of furan rings is 1. The fourth-order valence-corrected chi connectivity index (χ4v) is 3.23. The molecule has 0 fully saturated rings. The van der Waals surface area contributed by atoms with E-state index in [9.17, 15) is 4.79 Å². The molecule has 1 aromatic carbocycles. The number of nitrogens with one attached hydrogen (secondary N) is 1. The zero-order chi connectivity index (χ0) is 18.6. The second-order valence-electron chi connectivity index (χ2n) is 6.49. The summed E-state index contributed by atoms with van der Waals surface area (Å²) in [5.41, 5.74) is 2.97. The number of hydrogen-bond acceptors (Lipinski definition) is 4. The molecule has 3 aromatic rings. The van der Waals surface area contributed by atoms with E-state index in [1.807, 2.05) is 46.0 Å².